The first kappa shape index (κ1) is 14.4. The fraction of sp³-hybridized carbons (Fsp3) is 0.588. The van der Waals surface area contributed by atoms with Crippen molar-refractivity contribution in [3.8, 4) is 5.75 Å². The molecule has 4 nitrogen and oxygen atoms in total. The van der Waals surface area contributed by atoms with E-state index in [2.05, 4.69) is 5.32 Å². The number of rotatable bonds is 6. The number of ether oxygens (including phenoxy) is 1. The molecule has 2 aliphatic rings. The van der Waals surface area contributed by atoms with Crippen molar-refractivity contribution in [1.29, 1.82) is 0 Å². The standard InChI is InChI=1S/C17H24N2O2/c1-21-16-8-6-14(7-9-16)17(20)19(11-13-4-5-13)12-15-3-2-10-18-15/h6-9,13,15,18H,2-5,10-12H2,1H3. The van der Waals surface area contributed by atoms with Gasteiger partial charge in [-0.25, -0.2) is 0 Å². The maximum atomic E-state index is 12.8. The topological polar surface area (TPSA) is 41.6 Å². The maximum Gasteiger partial charge on any atom is 0.253 e. The molecule has 0 spiro atoms. The van der Waals surface area contributed by atoms with E-state index >= 15 is 0 Å². The van der Waals surface area contributed by atoms with Gasteiger partial charge in [-0.3, -0.25) is 4.79 Å². The van der Waals surface area contributed by atoms with E-state index in [0.717, 1.165) is 30.9 Å². The highest BCUT2D eigenvalue weighted by Crippen LogP contribution is 2.30. The summed E-state index contributed by atoms with van der Waals surface area (Å²) in [5.41, 5.74) is 0.759. The summed E-state index contributed by atoms with van der Waals surface area (Å²) in [6.45, 7) is 2.82. The summed E-state index contributed by atoms with van der Waals surface area (Å²) in [6.07, 6.45) is 4.94. The van der Waals surface area contributed by atoms with Gasteiger partial charge in [0.1, 0.15) is 5.75 Å². The first-order valence-corrected chi connectivity index (χ1v) is 7.93. The fourth-order valence-corrected chi connectivity index (χ4v) is 2.95. The van der Waals surface area contributed by atoms with Gasteiger partial charge in [0.2, 0.25) is 0 Å². The summed E-state index contributed by atoms with van der Waals surface area (Å²) in [5, 5.41) is 3.49. The smallest absolute Gasteiger partial charge is 0.253 e. The molecule has 4 heteroatoms. The Morgan fingerprint density at radius 1 is 1.24 bits per heavy atom. The third-order valence-electron chi connectivity index (χ3n) is 4.40. The van der Waals surface area contributed by atoms with Gasteiger partial charge in [-0.15, -0.1) is 0 Å². The monoisotopic (exact) mass is 288 g/mol. The van der Waals surface area contributed by atoms with E-state index in [1.165, 1.54) is 25.7 Å². The summed E-state index contributed by atoms with van der Waals surface area (Å²) in [7, 11) is 1.64. The van der Waals surface area contributed by atoms with E-state index in [1.54, 1.807) is 7.11 Å². The Bertz CT molecular complexity index is 476. The lowest BCUT2D eigenvalue weighted by molar-refractivity contribution is 0.0733. The van der Waals surface area contributed by atoms with Gasteiger partial charge in [-0.1, -0.05) is 0 Å². The molecule has 1 amide bonds. The molecule has 21 heavy (non-hydrogen) atoms. The van der Waals surface area contributed by atoms with Crippen LogP contribution in [0.1, 0.15) is 36.0 Å². The fourth-order valence-electron chi connectivity index (χ4n) is 2.95. The average Bonchev–Trinajstić information content (AvgIpc) is 3.19. The van der Waals surface area contributed by atoms with Crippen LogP contribution in [0.5, 0.6) is 5.75 Å². The van der Waals surface area contributed by atoms with Gasteiger partial charge in [0.15, 0.2) is 0 Å². The molecule has 1 aromatic carbocycles. The number of benzene rings is 1. The minimum atomic E-state index is 0.151. The van der Waals surface area contributed by atoms with Gasteiger partial charge in [0, 0.05) is 24.7 Å². The summed E-state index contributed by atoms with van der Waals surface area (Å²) in [6, 6.07) is 7.91. The SMILES string of the molecule is COc1ccc(C(=O)N(CC2CC2)CC2CCCN2)cc1. The maximum absolute atomic E-state index is 12.8. The Hall–Kier alpha value is -1.55. The summed E-state index contributed by atoms with van der Waals surface area (Å²) in [5.74, 6) is 1.66. The highest BCUT2D eigenvalue weighted by atomic mass is 16.5. The molecule has 0 radical (unpaired) electrons. The molecule has 1 unspecified atom stereocenters. The van der Waals surface area contributed by atoms with Gasteiger partial charge in [-0.05, 0) is 62.4 Å². The van der Waals surface area contributed by atoms with Gasteiger partial charge in [0.25, 0.3) is 5.91 Å². The number of nitrogens with zero attached hydrogens (tertiary/aromatic N) is 1. The van der Waals surface area contributed by atoms with Crippen molar-refractivity contribution in [3.63, 3.8) is 0 Å². The van der Waals surface area contributed by atoms with E-state index in [4.69, 9.17) is 4.74 Å². The van der Waals surface area contributed by atoms with Crippen LogP contribution in [-0.2, 0) is 0 Å². The summed E-state index contributed by atoms with van der Waals surface area (Å²) >= 11 is 0. The largest absolute Gasteiger partial charge is 0.497 e. The molecule has 114 valence electrons. The van der Waals surface area contributed by atoms with Crippen LogP contribution in [0.3, 0.4) is 0 Å². The van der Waals surface area contributed by atoms with E-state index in [-0.39, 0.29) is 5.91 Å². The summed E-state index contributed by atoms with van der Waals surface area (Å²) < 4.78 is 5.16. The molecular formula is C17H24N2O2. The van der Waals surface area contributed by atoms with E-state index in [9.17, 15) is 4.79 Å². The molecule has 1 aliphatic heterocycles. The quantitative estimate of drug-likeness (QED) is 0.873. The highest BCUT2D eigenvalue weighted by Gasteiger charge is 2.29. The molecular weight excluding hydrogens is 264 g/mol. The van der Waals surface area contributed by atoms with Gasteiger partial charge < -0.3 is 15.0 Å². The second kappa shape index (κ2) is 6.48. The van der Waals surface area contributed by atoms with Gasteiger partial charge in [0.05, 0.1) is 7.11 Å². The Morgan fingerprint density at radius 3 is 2.57 bits per heavy atom. The zero-order valence-corrected chi connectivity index (χ0v) is 12.7. The normalized spacial score (nSPS) is 21.3. The lowest BCUT2D eigenvalue weighted by atomic mass is 10.1. The number of hydrogen-bond donors (Lipinski definition) is 1. The number of amides is 1. The summed E-state index contributed by atoms with van der Waals surface area (Å²) in [4.78, 5) is 14.8. The zero-order valence-electron chi connectivity index (χ0n) is 12.7. The van der Waals surface area contributed by atoms with Gasteiger partial charge >= 0.3 is 0 Å². The van der Waals surface area contributed by atoms with Crippen molar-refractivity contribution >= 4 is 5.91 Å². The second-order valence-corrected chi connectivity index (χ2v) is 6.18. The molecule has 1 aromatic rings. The third-order valence-corrected chi connectivity index (χ3v) is 4.40. The number of methoxy groups -OCH3 is 1. The molecule has 1 atom stereocenters. The van der Waals surface area contributed by atoms with Crippen LogP contribution in [0, 0.1) is 5.92 Å². The third kappa shape index (κ3) is 3.76. The Labute approximate surface area is 126 Å². The predicted molar refractivity (Wildman–Crippen MR) is 82.6 cm³/mol. The van der Waals surface area contributed by atoms with Crippen molar-refractivity contribution < 1.29 is 9.53 Å². The van der Waals surface area contributed by atoms with E-state index in [0.29, 0.717) is 12.0 Å². The van der Waals surface area contributed by atoms with Crippen molar-refractivity contribution in [2.75, 3.05) is 26.7 Å². The molecule has 1 saturated carbocycles. The van der Waals surface area contributed by atoms with Crippen LogP contribution in [0.25, 0.3) is 0 Å². The van der Waals surface area contributed by atoms with Crippen LogP contribution in [0.2, 0.25) is 0 Å². The first-order valence-electron chi connectivity index (χ1n) is 7.93. The first-order chi connectivity index (χ1) is 10.3. The number of carbonyl (C=O) groups is 1. The van der Waals surface area contributed by atoms with Crippen molar-refractivity contribution in [3.05, 3.63) is 29.8 Å². The van der Waals surface area contributed by atoms with Crippen LogP contribution in [-0.4, -0.2) is 43.6 Å². The van der Waals surface area contributed by atoms with Crippen LogP contribution in [0.4, 0.5) is 0 Å². The molecule has 0 bridgehead atoms. The second-order valence-electron chi connectivity index (χ2n) is 6.18. The minimum absolute atomic E-state index is 0.151. The molecule has 3 rings (SSSR count). The van der Waals surface area contributed by atoms with Gasteiger partial charge in [-0.2, -0.15) is 0 Å². The zero-order chi connectivity index (χ0) is 14.7. The Morgan fingerprint density at radius 2 is 2.00 bits per heavy atom. The lowest BCUT2D eigenvalue weighted by Crippen LogP contribution is -2.42. The number of hydrogen-bond acceptors (Lipinski definition) is 3. The molecule has 1 heterocycles. The molecule has 1 N–H and O–H groups in total. The van der Waals surface area contributed by atoms with Crippen molar-refractivity contribution in [2.24, 2.45) is 5.92 Å². The van der Waals surface area contributed by atoms with Crippen LogP contribution < -0.4 is 10.1 Å². The molecule has 0 aromatic heterocycles. The molecule has 1 saturated heterocycles. The van der Waals surface area contributed by atoms with Crippen LogP contribution >= 0.6 is 0 Å². The molecule has 1 aliphatic carbocycles. The van der Waals surface area contributed by atoms with Crippen LogP contribution in [0.15, 0.2) is 24.3 Å². The lowest BCUT2D eigenvalue weighted by Gasteiger charge is -2.26. The van der Waals surface area contributed by atoms with Crippen molar-refractivity contribution in [1.82, 2.24) is 10.2 Å². The number of nitrogens with one attached hydrogen (secondary N) is 1. The van der Waals surface area contributed by atoms with E-state index in [1.807, 2.05) is 29.2 Å². The Balaban J connectivity index is 1.68. The minimum Gasteiger partial charge on any atom is -0.497 e. The highest BCUT2D eigenvalue weighted by molar-refractivity contribution is 5.94. The van der Waals surface area contributed by atoms with E-state index < -0.39 is 0 Å². The Kier molecular flexibility index (Phi) is 4.44. The predicted octanol–water partition coefficient (Wildman–Crippen LogP) is 2.30. The number of carbonyl (C=O) groups excluding carboxylic acids is 1. The average molecular weight is 288 g/mol. The molecule has 2 fully saturated rings. The van der Waals surface area contributed by atoms with Crippen molar-refractivity contribution in [2.45, 2.75) is 31.7 Å².